The van der Waals surface area contributed by atoms with E-state index in [-0.39, 0.29) is 4.90 Å². The Morgan fingerprint density at radius 3 is 2.94 bits per heavy atom. The fourth-order valence-corrected chi connectivity index (χ4v) is 2.24. The Bertz CT molecular complexity index is 573. The SMILES string of the molecule is NCCn1cc(S(=O)(=O)Nc2cn[nH]c2)cn1. The molecule has 0 saturated heterocycles. The quantitative estimate of drug-likeness (QED) is 0.657. The molecule has 2 heterocycles. The molecule has 17 heavy (non-hydrogen) atoms. The van der Waals surface area contributed by atoms with Crippen LogP contribution in [0.1, 0.15) is 0 Å². The number of H-pyrrole nitrogens is 1. The van der Waals surface area contributed by atoms with E-state index in [4.69, 9.17) is 5.73 Å². The van der Waals surface area contributed by atoms with Crippen molar-refractivity contribution in [2.45, 2.75) is 11.4 Å². The van der Waals surface area contributed by atoms with Gasteiger partial charge >= 0.3 is 0 Å². The van der Waals surface area contributed by atoms with E-state index < -0.39 is 10.0 Å². The Morgan fingerprint density at radius 2 is 2.29 bits per heavy atom. The number of rotatable bonds is 5. The van der Waals surface area contributed by atoms with Crippen LogP contribution in [0.5, 0.6) is 0 Å². The summed E-state index contributed by atoms with van der Waals surface area (Å²) in [5, 5.41) is 10.1. The molecule has 0 saturated carbocycles. The van der Waals surface area contributed by atoms with E-state index in [1.165, 1.54) is 29.5 Å². The lowest BCUT2D eigenvalue weighted by Gasteiger charge is -2.02. The first-order valence-corrected chi connectivity index (χ1v) is 6.34. The van der Waals surface area contributed by atoms with Gasteiger partial charge in [0.1, 0.15) is 4.90 Å². The maximum atomic E-state index is 11.9. The summed E-state index contributed by atoms with van der Waals surface area (Å²) in [5.74, 6) is 0. The molecule has 0 radical (unpaired) electrons. The molecule has 92 valence electrons. The summed E-state index contributed by atoms with van der Waals surface area (Å²) in [5.41, 5.74) is 5.72. The molecular formula is C8H12N6O2S. The second kappa shape index (κ2) is 4.55. The van der Waals surface area contributed by atoms with Crippen molar-refractivity contribution in [1.82, 2.24) is 20.0 Å². The monoisotopic (exact) mass is 256 g/mol. The van der Waals surface area contributed by atoms with Crippen molar-refractivity contribution < 1.29 is 8.42 Å². The fourth-order valence-electron chi connectivity index (χ4n) is 1.26. The normalized spacial score (nSPS) is 11.6. The molecule has 0 atom stereocenters. The summed E-state index contributed by atoms with van der Waals surface area (Å²) in [4.78, 5) is 0.0900. The molecule has 4 N–H and O–H groups in total. The number of aromatic amines is 1. The summed E-state index contributed by atoms with van der Waals surface area (Å²) < 4.78 is 27.6. The van der Waals surface area contributed by atoms with Gasteiger partial charge < -0.3 is 5.73 Å². The average molecular weight is 256 g/mol. The first kappa shape index (κ1) is 11.6. The topological polar surface area (TPSA) is 119 Å². The van der Waals surface area contributed by atoms with Gasteiger partial charge in [0, 0.05) is 18.9 Å². The number of nitrogens with two attached hydrogens (primary N) is 1. The van der Waals surface area contributed by atoms with Crippen molar-refractivity contribution >= 4 is 15.7 Å². The van der Waals surface area contributed by atoms with Crippen LogP contribution in [-0.2, 0) is 16.6 Å². The first-order chi connectivity index (χ1) is 8.12. The van der Waals surface area contributed by atoms with Gasteiger partial charge in [0.05, 0.1) is 24.6 Å². The molecule has 2 aromatic rings. The summed E-state index contributed by atoms with van der Waals surface area (Å²) in [7, 11) is -3.61. The molecule has 0 bridgehead atoms. The smallest absolute Gasteiger partial charge is 0.265 e. The highest BCUT2D eigenvalue weighted by molar-refractivity contribution is 7.92. The van der Waals surface area contributed by atoms with Gasteiger partial charge in [0.25, 0.3) is 10.0 Å². The summed E-state index contributed by atoms with van der Waals surface area (Å²) in [6, 6.07) is 0. The third kappa shape index (κ3) is 2.63. The Hall–Kier alpha value is -1.87. The lowest BCUT2D eigenvalue weighted by atomic mass is 10.6. The van der Waals surface area contributed by atoms with Crippen LogP contribution in [-0.4, -0.2) is 34.9 Å². The molecule has 9 heteroatoms. The molecular weight excluding hydrogens is 244 g/mol. The molecule has 8 nitrogen and oxygen atoms in total. The van der Waals surface area contributed by atoms with Crippen LogP contribution in [0.3, 0.4) is 0 Å². The van der Waals surface area contributed by atoms with Crippen LogP contribution in [0.25, 0.3) is 0 Å². The highest BCUT2D eigenvalue weighted by Gasteiger charge is 2.16. The van der Waals surface area contributed by atoms with Gasteiger partial charge in [0.2, 0.25) is 0 Å². The second-order valence-corrected chi connectivity index (χ2v) is 5.00. The minimum atomic E-state index is -3.61. The predicted octanol–water partition coefficient (Wildman–Crippen LogP) is -0.634. The lowest BCUT2D eigenvalue weighted by Crippen LogP contribution is -2.12. The van der Waals surface area contributed by atoms with Crippen LogP contribution in [0.4, 0.5) is 5.69 Å². The van der Waals surface area contributed by atoms with Gasteiger partial charge in [-0.1, -0.05) is 0 Å². The van der Waals surface area contributed by atoms with Crippen molar-refractivity contribution in [3.8, 4) is 0 Å². The van der Waals surface area contributed by atoms with Crippen molar-refractivity contribution in [3.63, 3.8) is 0 Å². The van der Waals surface area contributed by atoms with Gasteiger partial charge in [-0.25, -0.2) is 8.42 Å². The molecule has 2 rings (SSSR count). The standard InChI is InChI=1S/C8H12N6O2S/c9-1-2-14-6-8(5-12-14)17(15,16)13-7-3-10-11-4-7/h3-6,13H,1-2,9H2,(H,10,11). The molecule has 0 spiro atoms. The molecule has 0 unspecified atom stereocenters. The zero-order valence-corrected chi connectivity index (χ0v) is 9.68. The Labute approximate surface area is 97.9 Å². The van der Waals surface area contributed by atoms with Crippen LogP contribution >= 0.6 is 0 Å². The Kier molecular flexibility index (Phi) is 3.11. The van der Waals surface area contributed by atoms with Crippen molar-refractivity contribution in [3.05, 3.63) is 24.8 Å². The number of anilines is 1. The number of sulfonamides is 1. The highest BCUT2D eigenvalue weighted by atomic mass is 32.2. The van der Waals surface area contributed by atoms with Gasteiger partial charge in [0.15, 0.2) is 0 Å². The Balaban J connectivity index is 2.19. The summed E-state index contributed by atoms with van der Waals surface area (Å²) in [6.45, 7) is 0.873. The second-order valence-electron chi connectivity index (χ2n) is 3.32. The third-order valence-corrected chi connectivity index (χ3v) is 3.36. The van der Waals surface area contributed by atoms with E-state index in [0.29, 0.717) is 18.8 Å². The molecule has 0 fully saturated rings. The van der Waals surface area contributed by atoms with Gasteiger partial charge in [-0.05, 0) is 0 Å². The van der Waals surface area contributed by atoms with Gasteiger partial charge in [-0.3, -0.25) is 14.5 Å². The molecule has 2 aromatic heterocycles. The number of hydrogen-bond donors (Lipinski definition) is 3. The van der Waals surface area contributed by atoms with Crippen LogP contribution in [0, 0.1) is 0 Å². The van der Waals surface area contributed by atoms with Crippen LogP contribution < -0.4 is 10.5 Å². The zero-order chi connectivity index (χ0) is 12.3. The van der Waals surface area contributed by atoms with Crippen LogP contribution in [0.15, 0.2) is 29.7 Å². The fraction of sp³-hybridized carbons (Fsp3) is 0.250. The lowest BCUT2D eigenvalue weighted by molar-refractivity contribution is 0.599. The molecule has 0 aliphatic rings. The maximum absolute atomic E-state index is 11.9. The molecule has 0 aromatic carbocycles. The van der Waals surface area contributed by atoms with E-state index >= 15 is 0 Å². The van der Waals surface area contributed by atoms with E-state index in [0.717, 1.165) is 0 Å². The van der Waals surface area contributed by atoms with Gasteiger partial charge in [-0.2, -0.15) is 10.2 Å². The van der Waals surface area contributed by atoms with E-state index in [9.17, 15) is 8.42 Å². The Morgan fingerprint density at radius 1 is 1.47 bits per heavy atom. The zero-order valence-electron chi connectivity index (χ0n) is 8.87. The molecule has 0 amide bonds. The predicted molar refractivity (Wildman–Crippen MR) is 60.7 cm³/mol. The van der Waals surface area contributed by atoms with E-state index in [2.05, 4.69) is 20.0 Å². The number of aromatic nitrogens is 4. The molecule has 0 aliphatic carbocycles. The minimum Gasteiger partial charge on any atom is -0.329 e. The van der Waals surface area contributed by atoms with Crippen molar-refractivity contribution in [1.29, 1.82) is 0 Å². The van der Waals surface area contributed by atoms with Crippen molar-refractivity contribution in [2.75, 3.05) is 11.3 Å². The number of nitrogens with zero attached hydrogens (tertiary/aromatic N) is 3. The van der Waals surface area contributed by atoms with Crippen LogP contribution in [0.2, 0.25) is 0 Å². The number of hydrogen-bond acceptors (Lipinski definition) is 5. The molecule has 0 aliphatic heterocycles. The maximum Gasteiger partial charge on any atom is 0.265 e. The number of nitrogens with one attached hydrogen (secondary N) is 2. The van der Waals surface area contributed by atoms with E-state index in [1.807, 2.05) is 0 Å². The summed E-state index contributed by atoms with van der Waals surface area (Å²) >= 11 is 0. The van der Waals surface area contributed by atoms with Crippen molar-refractivity contribution in [2.24, 2.45) is 5.73 Å². The average Bonchev–Trinajstić information content (AvgIpc) is 2.88. The highest BCUT2D eigenvalue weighted by Crippen LogP contribution is 2.13. The third-order valence-electron chi connectivity index (χ3n) is 2.03. The van der Waals surface area contributed by atoms with Gasteiger partial charge in [-0.15, -0.1) is 0 Å². The van der Waals surface area contributed by atoms with E-state index in [1.54, 1.807) is 0 Å². The largest absolute Gasteiger partial charge is 0.329 e. The first-order valence-electron chi connectivity index (χ1n) is 4.86. The minimum absolute atomic E-state index is 0.0900. The summed E-state index contributed by atoms with van der Waals surface area (Å²) in [6.07, 6.45) is 5.52.